The summed E-state index contributed by atoms with van der Waals surface area (Å²) in [7, 11) is 0. The van der Waals surface area contributed by atoms with E-state index in [4.69, 9.17) is 0 Å². The molecule has 27 heavy (non-hydrogen) atoms. The van der Waals surface area contributed by atoms with E-state index < -0.39 is 0 Å². The predicted octanol–water partition coefficient (Wildman–Crippen LogP) is 3.12. The van der Waals surface area contributed by atoms with Gasteiger partial charge in [0.2, 0.25) is 5.91 Å². The van der Waals surface area contributed by atoms with E-state index >= 15 is 0 Å². The highest BCUT2D eigenvalue weighted by Gasteiger charge is 2.31. The summed E-state index contributed by atoms with van der Waals surface area (Å²) in [5, 5.41) is 0. The number of aromatic nitrogens is 3. The molecule has 1 saturated heterocycles. The molecule has 1 atom stereocenters. The van der Waals surface area contributed by atoms with Crippen LogP contribution in [0.4, 0.5) is 0 Å². The quantitative estimate of drug-likeness (QED) is 0.905. The Hall–Kier alpha value is -2.50. The molecule has 4 rings (SSSR count). The van der Waals surface area contributed by atoms with Crippen LogP contribution in [0.15, 0.2) is 35.3 Å². The fourth-order valence-electron chi connectivity index (χ4n) is 4.32. The molecule has 1 saturated carbocycles. The van der Waals surface area contributed by atoms with Gasteiger partial charge in [0.05, 0.1) is 11.4 Å². The summed E-state index contributed by atoms with van der Waals surface area (Å²) in [6, 6.07) is 7.06. The number of piperidine rings is 1. The lowest BCUT2D eigenvalue weighted by molar-refractivity contribution is -0.137. The lowest BCUT2D eigenvalue weighted by atomic mass is 9.87. The minimum Gasteiger partial charge on any atom is -0.342 e. The number of pyridine rings is 1. The number of H-pyrrole nitrogens is 1. The van der Waals surface area contributed by atoms with Gasteiger partial charge in [-0.25, -0.2) is 4.98 Å². The van der Waals surface area contributed by atoms with Gasteiger partial charge in [-0.3, -0.25) is 14.6 Å². The Morgan fingerprint density at radius 3 is 2.70 bits per heavy atom. The second kappa shape index (κ2) is 8.03. The zero-order chi connectivity index (χ0) is 18.6. The number of rotatable bonds is 3. The molecule has 2 aromatic rings. The highest BCUT2D eigenvalue weighted by molar-refractivity contribution is 5.79. The average molecular weight is 366 g/mol. The van der Waals surface area contributed by atoms with Gasteiger partial charge in [-0.2, -0.15) is 0 Å². The Balaban J connectivity index is 1.53. The molecule has 3 heterocycles. The molecule has 0 unspecified atom stereocenters. The van der Waals surface area contributed by atoms with Gasteiger partial charge in [-0.1, -0.05) is 25.3 Å². The van der Waals surface area contributed by atoms with E-state index in [9.17, 15) is 9.59 Å². The molecule has 142 valence electrons. The largest absolute Gasteiger partial charge is 0.342 e. The van der Waals surface area contributed by atoms with Crippen molar-refractivity contribution in [3.8, 4) is 11.4 Å². The Labute approximate surface area is 159 Å². The van der Waals surface area contributed by atoms with Gasteiger partial charge in [-0.05, 0) is 37.8 Å². The molecule has 0 aromatic carbocycles. The average Bonchev–Trinajstić information content (AvgIpc) is 2.74. The number of hydrogen-bond donors (Lipinski definition) is 1. The molecule has 1 N–H and O–H groups in total. The van der Waals surface area contributed by atoms with Gasteiger partial charge in [0.15, 0.2) is 0 Å². The zero-order valence-corrected chi connectivity index (χ0v) is 15.6. The van der Waals surface area contributed by atoms with Gasteiger partial charge < -0.3 is 9.88 Å². The maximum Gasteiger partial charge on any atom is 0.251 e. The van der Waals surface area contributed by atoms with Crippen LogP contribution >= 0.6 is 0 Å². The lowest BCUT2D eigenvalue weighted by Crippen LogP contribution is -2.43. The van der Waals surface area contributed by atoms with Crippen LogP contribution in [0.25, 0.3) is 11.4 Å². The fraction of sp³-hybridized carbons (Fsp3) is 0.524. The molecule has 2 aliphatic rings. The molecule has 0 spiro atoms. The SMILES string of the molecule is O=C(C1CCCCC1)N1CCC[C@H](c2nc(-c3ccccn3)cc(=O)[nH]2)C1. The smallest absolute Gasteiger partial charge is 0.251 e. The standard InChI is InChI=1S/C21H26N4O2/c26-19-13-18(17-10-4-5-11-22-17)23-20(24-19)16-9-6-12-25(14-16)21(27)15-7-2-1-3-8-15/h4-5,10-11,13,15-16H,1-3,6-9,12,14H2,(H,23,24,26)/t16-/m0/s1. The summed E-state index contributed by atoms with van der Waals surface area (Å²) in [6.07, 6.45) is 9.18. The zero-order valence-electron chi connectivity index (χ0n) is 15.6. The summed E-state index contributed by atoms with van der Waals surface area (Å²) in [5.74, 6) is 1.22. The summed E-state index contributed by atoms with van der Waals surface area (Å²) < 4.78 is 0. The van der Waals surface area contributed by atoms with Gasteiger partial charge >= 0.3 is 0 Å². The summed E-state index contributed by atoms with van der Waals surface area (Å²) in [6.45, 7) is 1.46. The molecule has 6 nitrogen and oxygen atoms in total. The number of nitrogens with zero attached hydrogens (tertiary/aromatic N) is 3. The monoisotopic (exact) mass is 366 g/mol. The van der Waals surface area contributed by atoms with Crippen molar-refractivity contribution in [1.82, 2.24) is 19.9 Å². The molecule has 6 heteroatoms. The molecular weight excluding hydrogens is 340 g/mol. The number of carbonyl (C=O) groups is 1. The lowest BCUT2D eigenvalue weighted by Gasteiger charge is -2.35. The summed E-state index contributed by atoms with van der Waals surface area (Å²) >= 11 is 0. The van der Waals surface area contributed by atoms with E-state index in [2.05, 4.69) is 15.0 Å². The maximum atomic E-state index is 12.9. The molecule has 1 aliphatic heterocycles. The minimum atomic E-state index is -0.170. The van der Waals surface area contributed by atoms with E-state index in [1.807, 2.05) is 23.1 Å². The Morgan fingerprint density at radius 2 is 1.93 bits per heavy atom. The topological polar surface area (TPSA) is 79.0 Å². The third-order valence-corrected chi connectivity index (χ3v) is 5.76. The first kappa shape index (κ1) is 17.9. The van der Waals surface area contributed by atoms with Gasteiger partial charge in [0.1, 0.15) is 5.82 Å². The second-order valence-corrected chi connectivity index (χ2v) is 7.69. The third-order valence-electron chi connectivity index (χ3n) is 5.76. The van der Waals surface area contributed by atoms with Crippen LogP contribution in [0, 0.1) is 5.92 Å². The van der Waals surface area contributed by atoms with Crippen molar-refractivity contribution in [2.24, 2.45) is 5.92 Å². The van der Waals surface area contributed by atoms with Crippen molar-refractivity contribution >= 4 is 5.91 Å². The van der Waals surface area contributed by atoms with Crippen molar-refractivity contribution in [2.75, 3.05) is 13.1 Å². The first-order valence-electron chi connectivity index (χ1n) is 10.0. The highest BCUT2D eigenvalue weighted by atomic mass is 16.2. The first-order valence-corrected chi connectivity index (χ1v) is 10.0. The molecule has 0 bridgehead atoms. The first-order chi connectivity index (χ1) is 13.2. The molecule has 0 radical (unpaired) electrons. The van der Waals surface area contributed by atoms with E-state index in [-0.39, 0.29) is 17.4 Å². The van der Waals surface area contributed by atoms with Gasteiger partial charge in [-0.15, -0.1) is 0 Å². The fourth-order valence-corrected chi connectivity index (χ4v) is 4.32. The van der Waals surface area contributed by atoms with Crippen LogP contribution in [0.1, 0.15) is 56.7 Å². The predicted molar refractivity (Wildman–Crippen MR) is 103 cm³/mol. The van der Waals surface area contributed by atoms with Crippen LogP contribution in [-0.2, 0) is 4.79 Å². The van der Waals surface area contributed by atoms with E-state index in [0.29, 0.717) is 29.7 Å². The maximum absolute atomic E-state index is 12.9. The van der Waals surface area contributed by atoms with Crippen LogP contribution in [0.5, 0.6) is 0 Å². The molecule has 2 aromatic heterocycles. The molecule has 1 aliphatic carbocycles. The van der Waals surface area contributed by atoms with Crippen LogP contribution in [-0.4, -0.2) is 38.8 Å². The Kier molecular flexibility index (Phi) is 5.32. The van der Waals surface area contributed by atoms with Crippen molar-refractivity contribution in [1.29, 1.82) is 0 Å². The number of amides is 1. The van der Waals surface area contributed by atoms with E-state index in [0.717, 1.165) is 45.1 Å². The van der Waals surface area contributed by atoms with E-state index in [1.165, 1.54) is 12.5 Å². The number of hydrogen-bond acceptors (Lipinski definition) is 4. The summed E-state index contributed by atoms with van der Waals surface area (Å²) in [4.78, 5) is 39.0. The Bertz CT molecular complexity index is 843. The summed E-state index contributed by atoms with van der Waals surface area (Å²) in [5.41, 5.74) is 1.11. The van der Waals surface area contributed by atoms with E-state index in [1.54, 1.807) is 6.20 Å². The number of nitrogens with one attached hydrogen (secondary N) is 1. The molecule has 2 fully saturated rings. The van der Waals surface area contributed by atoms with Crippen LogP contribution in [0.2, 0.25) is 0 Å². The van der Waals surface area contributed by atoms with Crippen molar-refractivity contribution < 1.29 is 4.79 Å². The van der Waals surface area contributed by atoms with Crippen LogP contribution < -0.4 is 5.56 Å². The number of likely N-dealkylation sites (tertiary alicyclic amines) is 1. The minimum absolute atomic E-state index is 0.0719. The number of carbonyl (C=O) groups excluding carboxylic acids is 1. The highest BCUT2D eigenvalue weighted by Crippen LogP contribution is 2.30. The van der Waals surface area contributed by atoms with Crippen molar-refractivity contribution in [3.05, 3.63) is 46.6 Å². The van der Waals surface area contributed by atoms with Crippen molar-refractivity contribution in [3.63, 3.8) is 0 Å². The van der Waals surface area contributed by atoms with Crippen LogP contribution in [0.3, 0.4) is 0 Å². The third kappa shape index (κ3) is 4.10. The Morgan fingerprint density at radius 1 is 1.07 bits per heavy atom. The molecular formula is C21H26N4O2. The van der Waals surface area contributed by atoms with Gasteiger partial charge in [0, 0.05) is 37.2 Å². The molecule has 1 amide bonds. The second-order valence-electron chi connectivity index (χ2n) is 7.69. The van der Waals surface area contributed by atoms with Crippen molar-refractivity contribution in [2.45, 2.75) is 50.9 Å². The number of aromatic amines is 1. The van der Waals surface area contributed by atoms with Gasteiger partial charge in [0.25, 0.3) is 5.56 Å². The normalized spacial score (nSPS) is 21.2.